The van der Waals surface area contributed by atoms with Crippen LogP contribution >= 0.6 is 0 Å². The van der Waals surface area contributed by atoms with Crippen LogP contribution in [-0.4, -0.2) is 50.8 Å². The number of esters is 1. The molecule has 0 aromatic heterocycles. The van der Waals surface area contributed by atoms with Gasteiger partial charge in [0.2, 0.25) is 10.0 Å². The molecular weight excluding hydrogens is 430 g/mol. The van der Waals surface area contributed by atoms with E-state index in [0.29, 0.717) is 24.3 Å². The zero-order valence-electron chi connectivity index (χ0n) is 17.6. The van der Waals surface area contributed by atoms with Gasteiger partial charge in [-0.2, -0.15) is 9.57 Å². The van der Waals surface area contributed by atoms with Crippen LogP contribution in [0, 0.1) is 11.3 Å². The van der Waals surface area contributed by atoms with Crippen molar-refractivity contribution in [2.45, 2.75) is 30.6 Å². The van der Waals surface area contributed by atoms with Gasteiger partial charge in [0.15, 0.2) is 6.61 Å². The Kier molecular flexibility index (Phi) is 7.98. The van der Waals surface area contributed by atoms with E-state index in [2.05, 4.69) is 0 Å². The third kappa shape index (κ3) is 5.93. The van der Waals surface area contributed by atoms with E-state index in [4.69, 9.17) is 10.00 Å². The first kappa shape index (κ1) is 23.4. The second-order valence-corrected chi connectivity index (χ2v) is 9.36. The molecule has 0 saturated carbocycles. The summed E-state index contributed by atoms with van der Waals surface area (Å²) in [5.74, 6) is -1.12. The number of hydrogen-bond donors (Lipinski definition) is 0. The number of sulfonamides is 1. The molecule has 168 valence electrons. The topological polar surface area (TPSA) is 108 Å². The van der Waals surface area contributed by atoms with Crippen molar-refractivity contribution in [1.29, 1.82) is 5.26 Å². The molecule has 2 aromatic carbocycles. The first-order valence-electron chi connectivity index (χ1n) is 10.4. The van der Waals surface area contributed by atoms with Gasteiger partial charge in [0.25, 0.3) is 5.91 Å². The lowest BCUT2D eigenvalue weighted by Crippen LogP contribution is -2.35. The molecule has 1 aliphatic heterocycles. The first-order chi connectivity index (χ1) is 15.4. The van der Waals surface area contributed by atoms with E-state index in [0.717, 1.165) is 19.3 Å². The van der Waals surface area contributed by atoms with Crippen LogP contribution < -0.4 is 4.90 Å². The maximum atomic E-state index is 12.7. The Morgan fingerprint density at radius 1 is 1.00 bits per heavy atom. The van der Waals surface area contributed by atoms with Crippen LogP contribution in [0.1, 0.15) is 24.8 Å². The van der Waals surface area contributed by atoms with Gasteiger partial charge < -0.3 is 4.74 Å². The Morgan fingerprint density at radius 3 is 2.28 bits per heavy atom. The molecule has 0 aliphatic carbocycles. The van der Waals surface area contributed by atoms with Crippen molar-refractivity contribution in [2.75, 3.05) is 31.1 Å². The molecule has 8 nitrogen and oxygen atoms in total. The van der Waals surface area contributed by atoms with Crippen molar-refractivity contribution in [3.8, 4) is 6.07 Å². The van der Waals surface area contributed by atoms with Crippen molar-refractivity contribution in [1.82, 2.24) is 4.31 Å². The van der Waals surface area contributed by atoms with Crippen molar-refractivity contribution < 1.29 is 22.7 Å². The average molecular weight is 456 g/mol. The zero-order valence-corrected chi connectivity index (χ0v) is 18.5. The van der Waals surface area contributed by atoms with E-state index in [1.54, 1.807) is 42.5 Å². The highest BCUT2D eigenvalue weighted by Crippen LogP contribution is 2.21. The number of hydrogen-bond acceptors (Lipinski definition) is 6. The molecule has 0 spiro atoms. The lowest BCUT2D eigenvalue weighted by molar-refractivity contribution is -0.147. The van der Waals surface area contributed by atoms with Gasteiger partial charge in [-0.25, -0.2) is 8.42 Å². The number of amides is 1. The average Bonchev–Trinajstić information content (AvgIpc) is 2.82. The van der Waals surface area contributed by atoms with Gasteiger partial charge in [0.1, 0.15) is 6.54 Å². The lowest BCUT2D eigenvalue weighted by Gasteiger charge is -2.25. The molecule has 0 bridgehead atoms. The van der Waals surface area contributed by atoms with Gasteiger partial charge >= 0.3 is 5.97 Å². The fraction of sp³-hybridized carbons (Fsp3) is 0.348. The van der Waals surface area contributed by atoms with Gasteiger partial charge in [-0.1, -0.05) is 36.8 Å². The number of nitrogens with zero attached hydrogens (tertiary/aromatic N) is 3. The highest BCUT2D eigenvalue weighted by atomic mass is 32.2. The highest BCUT2D eigenvalue weighted by Gasteiger charge is 2.25. The molecule has 1 aliphatic rings. The molecule has 1 amide bonds. The first-order valence-corrected chi connectivity index (χ1v) is 11.8. The molecule has 0 radical (unpaired) electrons. The Labute approximate surface area is 188 Å². The number of para-hydroxylation sites is 1. The van der Waals surface area contributed by atoms with Gasteiger partial charge in [0, 0.05) is 18.8 Å². The number of carbonyl (C=O) groups excluding carboxylic acids is 2. The van der Waals surface area contributed by atoms with Crippen LogP contribution in [0.5, 0.6) is 0 Å². The van der Waals surface area contributed by atoms with Gasteiger partial charge in [-0.05, 0) is 42.7 Å². The molecule has 32 heavy (non-hydrogen) atoms. The minimum absolute atomic E-state index is 0.0963. The quantitative estimate of drug-likeness (QED) is 0.447. The summed E-state index contributed by atoms with van der Waals surface area (Å²) in [4.78, 5) is 26.0. The predicted molar refractivity (Wildman–Crippen MR) is 118 cm³/mol. The Hall–Kier alpha value is -3.22. The molecule has 0 atom stereocenters. The Bertz CT molecular complexity index is 1070. The smallest absolute Gasteiger partial charge is 0.310 e. The standard InChI is InChI=1S/C23H25N3O5S/c24-13-16-26(20-7-3-1-4-8-20)22(27)18-31-23(28)17-19-9-11-21(12-10-19)32(29,30)25-14-5-2-6-15-25/h1,3-4,7-12H,2,5-6,14-18H2. The van der Waals surface area contributed by atoms with Crippen molar-refractivity contribution >= 4 is 27.6 Å². The fourth-order valence-electron chi connectivity index (χ4n) is 3.47. The molecule has 0 unspecified atom stereocenters. The number of rotatable bonds is 8. The summed E-state index contributed by atoms with van der Waals surface area (Å²) < 4.78 is 32.0. The van der Waals surface area contributed by atoms with Crippen LogP contribution in [0.2, 0.25) is 0 Å². The van der Waals surface area contributed by atoms with Gasteiger partial charge in [-0.15, -0.1) is 0 Å². The second-order valence-electron chi connectivity index (χ2n) is 7.42. The van der Waals surface area contributed by atoms with Crippen molar-refractivity contribution in [3.63, 3.8) is 0 Å². The summed E-state index contributed by atoms with van der Waals surface area (Å²) in [6, 6.07) is 16.7. The summed E-state index contributed by atoms with van der Waals surface area (Å²) in [6.07, 6.45) is 2.66. The molecular formula is C23H25N3O5S. The van der Waals surface area contributed by atoms with E-state index in [-0.39, 0.29) is 17.9 Å². The maximum Gasteiger partial charge on any atom is 0.310 e. The van der Waals surface area contributed by atoms with Crippen LogP contribution in [-0.2, 0) is 30.8 Å². The number of carbonyl (C=O) groups is 2. The van der Waals surface area contributed by atoms with Gasteiger partial charge in [-0.3, -0.25) is 14.5 Å². The van der Waals surface area contributed by atoms with Gasteiger partial charge in [0.05, 0.1) is 17.4 Å². The summed E-state index contributed by atoms with van der Waals surface area (Å²) in [5, 5.41) is 8.98. The number of ether oxygens (including phenoxy) is 1. The number of piperidine rings is 1. The van der Waals surface area contributed by atoms with E-state index in [9.17, 15) is 18.0 Å². The minimum Gasteiger partial charge on any atom is -0.455 e. The van der Waals surface area contributed by atoms with Crippen LogP contribution in [0.25, 0.3) is 0 Å². The normalized spacial score (nSPS) is 14.3. The zero-order chi connectivity index (χ0) is 23.0. The minimum atomic E-state index is -3.53. The molecule has 1 fully saturated rings. The summed E-state index contributed by atoms with van der Waals surface area (Å²) >= 11 is 0. The number of nitriles is 1. The molecule has 2 aromatic rings. The van der Waals surface area contributed by atoms with Crippen molar-refractivity contribution in [3.05, 3.63) is 60.2 Å². The van der Waals surface area contributed by atoms with E-state index in [1.807, 2.05) is 6.07 Å². The largest absolute Gasteiger partial charge is 0.455 e. The predicted octanol–water partition coefficient (Wildman–Crippen LogP) is 2.50. The van der Waals surface area contributed by atoms with E-state index < -0.39 is 28.5 Å². The van der Waals surface area contributed by atoms with Crippen LogP contribution in [0.15, 0.2) is 59.5 Å². The number of anilines is 1. The lowest BCUT2D eigenvalue weighted by atomic mass is 10.1. The molecule has 9 heteroatoms. The third-order valence-electron chi connectivity index (χ3n) is 5.18. The summed E-state index contributed by atoms with van der Waals surface area (Å²) in [5.41, 5.74) is 1.12. The SMILES string of the molecule is N#CCN(C(=O)COC(=O)Cc1ccc(S(=O)(=O)N2CCCCC2)cc1)c1ccccc1. The second kappa shape index (κ2) is 10.9. The third-order valence-corrected chi connectivity index (χ3v) is 7.09. The fourth-order valence-corrected chi connectivity index (χ4v) is 4.99. The van der Waals surface area contributed by atoms with Crippen LogP contribution in [0.4, 0.5) is 5.69 Å². The maximum absolute atomic E-state index is 12.7. The van der Waals surface area contributed by atoms with Crippen LogP contribution in [0.3, 0.4) is 0 Å². The molecule has 3 rings (SSSR count). The molecule has 1 saturated heterocycles. The summed E-state index contributed by atoms with van der Waals surface area (Å²) in [7, 11) is -3.53. The number of benzene rings is 2. The molecule has 0 N–H and O–H groups in total. The Balaban J connectivity index is 1.55. The summed E-state index contributed by atoms with van der Waals surface area (Å²) in [6.45, 7) is 0.399. The van der Waals surface area contributed by atoms with E-state index >= 15 is 0 Å². The highest BCUT2D eigenvalue weighted by molar-refractivity contribution is 7.89. The van der Waals surface area contributed by atoms with E-state index in [1.165, 1.54) is 21.3 Å². The Morgan fingerprint density at radius 2 is 1.66 bits per heavy atom. The molecule has 1 heterocycles. The monoisotopic (exact) mass is 455 g/mol. The van der Waals surface area contributed by atoms with Crippen molar-refractivity contribution in [2.24, 2.45) is 0 Å².